The molecule has 4 rings (SSSR count). The third-order valence-corrected chi connectivity index (χ3v) is 5.41. The SMILES string of the molecule is O=C(O)c1ccc2cc(NCc3nc(-c4ccccc4Cl)cs3)ccc2c1. The van der Waals surface area contributed by atoms with Gasteiger partial charge in [0.2, 0.25) is 0 Å². The number of benzene rings is 3. The summed E-state index contributed by atoms with van der Waals surface area (Å²) in [6, 6.07) is 18.7. The third-order valence-electron chi connectivity index (χ3n) is 4.23. The molecule has 4 nitrogen and oxygen atoms in total. The van der Waals surface area contributed by atoms with Crippen molar-refractivity contribution in [3.8, 4) is 11.3 Å². The molecule has 2 N–H and O–H groups in total. The molecule has 0 radical (unpaired) electrons. The summed E-state index contributed by atoms with van der Waals surface area (Å²) < 4.78 is 0. The van der Waals surface area contributed by atoms with Gasteiger partial charge >= 0.3 is 5.97 Å². The fourth-order valence-electron chi connectivity index (χ4n) is 2.85. The summed E-state index contributed by atoms with van der Waals surface area (Å²) in [5.74, 6) is -0.919. The van der Waals surface area contributed by atoms with Crippen LogP contribution in [0.5, 0.6) is 0 Å². The quantitative estimate of drug-likeness (QED) is 0.440. The van der Waals surface area contributed by atoms with Crippen molar-refractivity contribution >= 4 is 45.4 Å². The second kappa shape index (κ2) is 7.39. The average Bonchev–Trinajstić information content (AvgIpc) is 3.15. The Morgan fingerprint density at radius 3 is 2.67 bits per heavy atom. The molecule has 0 aliphatic heterocycles. The topological polar surface area (TPSA) is 62.2 Å². The molecule has 1 aromatic heterocycles. The van der Waals surface area contributed by atoms with Crippen molar-refractivity contribution in [3.05, 3.63) is 81.6 Å². The van der Waals surface area contributed by atoms with Crippen LogP contribution in [-0.2, 0) is 6.54 Å². The number of aromatic carboxylic acids is 1. The monoisotopic (exact) mass is 394 g/mol. The minimum atomic E-state index is -0.919. The van der Waals surface area contributed by atoms with Gasteiger partial charge < -0.3 is 10.4 Å². The largest absolute Gasteiger partial charge is 0.478 e. The number of fused-ring (bicyclic) bond motifs is 1. The minimum absolute atomic E-state index is 0.290. The van der Waals surface area contributed by atoms with Gasteiger partial charge in [-0.1, -0.05) is 41.9 Å². The molecule has 0 amide bonds. The van der Waals surface area contributed by atoms with Crippen molar-refractivity contribution in [1.29, 1.82) is 0 Å². The number of nitrogens with zero attached hydrogens (tertiary/aromatic N) is 1. The molecule has 0 bridgehead atoms. The lowest BCUT2D eigenvalue weighted by atomic mass is 10.1. The normalized spacial score (nSPS) is 10.9. The number of rotatable bonds is 5. The van der Waals surface area contributed by atoms with Crippen LogP contribution in [-0.4, -0.2) is 16.1 Å². The highest BCUT2D eigenvalue weighted by Gasteiger charge is 2.08. The summed E-state index contributed by atoms with van der Waals surface area (Å²) in [6.07, 6.45) is 0. The van der Waals surface area contributed by atoms with E-state index in [9.17, 15) is 4.79 Å². The van der Waals surface area contributed by atoms with Gasteiger partial charge in [0.1, 0.15) is 5.01 Å². The number of thiazole rings is 1. The van der Waals surface area contributed by atoms with E-state index >= 15 is 0 Å². The van der Waals surface area contributed by atoms with Crippen molar-refractivity contribution < 1.29 is 9.90 Å². The first-order valence-electron chi connectivity index (χ1n) is 8.30. The molecule has 0 aliphatic carbocycles. The highest BCUT2D eigenvalue weighted by molar-refractivity contribution is 7.10. The van der Waals surface area contributed by atoms with Gasteiger partial charge in [-0.05, 0) is 41.1 Å². The van der Waals surface area contributed by atoms with Gasteiger partial charge in [-0.2, -0.15) is 0 Å². The van der Waals surface area contributed by atoms with E-state index in [0.717, 1.165) is 32.7 Å². The Bertz CT molecular complexity index is 1140. The van der Waals surface area contributed by atoms with Crippen LogP contribution in [0.2, 0.25) is 5.02 Å². The molecule has 0 fully saturated rings. The number of carboxylic acid groups (broad SMARTS) is 1. The van der Waals surface area contributed by atoms with E-state index in [2.05, 4.69) is 10.3 Å². The number of anilines is 1. The summed E-state index contributed by atoms with van der Waals surface area (Å²) in [5.41, 5.74) is 3.06. The van der Waals surface area contributed by atoms with Crippen LogP contribution < -0.4 is 5.32 Å². The van der Waals surface area contributed by atoms with E-state index in [1.807, 2.05) is 53.9 Å². The second-order valence-electron chi connectivity index (χ2n) is 6.04. The Balaban J connectivity index is 1.50. The molecular formula is C21H15ClN2O2S. The van der Waals surface area contributed by atoms with Gasteiger partial charge in [0.15, 0.2) is 0 Å². The van der Waals surface area contributed by atoms with Crippen molar-refractivity contribution in [3.63, 3.8) is 0 Å². The smallest absolute Gasteiger partial charge is 0.335 e. The number of carboxylic acids is 1. The zero-order valence-electron chi connectivity index (χ0n) is 14.1. The summed E-state index contributed by atoms with van der Waals surface area (Å²) in [4.78, 5) is 15.7. The van der Waals surface area contributed by atoms with Crippen molar-refractivity contribution in [2.75, 3.05) is 5.32 Å². The Hall–Kier alpha value is -2.89. The molecule has 3 aromatic carbocycles. The van der Waals surface area contributed by atoms with Crippen LogP contribution in [0.25, 0.3) is 22.0 Å². The van der Waals surface area contributed by atoms with Crippen LogP contribution in [0.1, 0.15) is 15.4 Å². The summed E-state index contributed by atoms with van der Waals surface area (Å²) in [6.45, 7) is 0.605. The van der Waals surface area contributed by atoms with Crippen LogP contribution in [0.3, 0.4) is 0 Å². The average molecular weight is 395 g/mol. The van der Waals surface area contributed by atoms with Crippen LogP contribution >= 0.6 is 22.9 Å². The predicted octanol–water partition coefficient (Wildman–Crippen LogP) is 5.93. The second-order valence-corrected chi connectivity index (χ2v) is 7.39. The fraction of sp³-hybridized carbons (Fsp3) is 0.0476. The van der Waals surface area contributed by atoms with E-state index in [4.69, 9.17) is 16.7 Å². The number of nitrogens with one attached hydrogen (secondary N) is 1. The summed E-state index contributed by atoms with van der Waals surface area (Å²) in [7, 11) is 0. The molecule has 0 unspecified atom stereocenters. The standard InChI is InChI=1S/C21H15ClN2O2S/c22-18-4-2-1-3-17(18)19-12-27-20(24-19)11-23-16-8-7-13-9-15(21(25)26)6-5-14(13)10-16/h1-10,12,23H,11H2,(H,25,26). The van der Waals surface area contributed by atoms with Gasteiger partial charge in [0, 0.05) is 21.7 Å². The molecule has 0 saturated heterocycles. The Morgan fingerprint density at radius 1 is 1.07 bits per heavy atom. The first-order valence-corrected chi connectivity index (χ1v) is 9.56. The van der Waals surface area contributed by atoms with E-state index in [0.29, 0.717) is 11.6 Å². The van der Waals surface area contributed by atoms with Crippen molar-refractivity contribution in [2.45, 2.75) is 6.54 Å². The summed E-state index contributed by atoms with van der Waals surface area (Å²) >= 11 is 7.82. The first kappa shape index (κ1) is 17.5. The maximum Gasteiger partial charge on any atom is 0.335 e. The number of aromatic nitrogens is 1. The Labute approximate surface area is 165 Å². The Kier molecular flexibility index (Phi) is 4.79. The van der Waals surface area contributed by atoms with Crippen LogP contribution in [0.15, 0.2) is 66.0 Å². The predicted molar refractivity (Wildman–Crippen MR) is 111 cm³/mol. The molecule has 0 saturated carbocycles. The third kappa shape index (κ3) is 3.79. The number of hydrogen-bond donors (Lipinski definition) is 2. The fourth-order valence-corrected chi connectivity index (χ4v) is 3.82. The number of halogens is 1. The van der Waals surface area contributed by atoms with E-state index in [1.165, 1.54) is 0 Å². The van der Waals surface area contributed by atoms with Crippen molar-refractivity contribution in [2.24, 2.45) is 0 Å². The molecule has 1 heterocycles. The maximum atomic E-state index is 11.1. The lowest BCUT2D eigenvalue weighted by molar-refractivity contribution is 0.0697. The zero-order chi connectivity index (χ0) is 18.8. The molecule has 0 spiro atoms. The molecule has 6 heteroatoms. The van der Waals surface area contributed by atoms with Gasteiger partial charge in [-0.25, -0.2) is 9.78 Å². The van der Waals surface area contributed by atoms with Crippen molar-refractivity contribution in [1.82, 2.24) is 4.98 Å². The zero-order valence-corrected chi connectivity index (χ0v) is 15.7. The molecule has 4 aromatic rings. The van der Waals surface area contributed by atoms with Crippen LogP contribution in [0.4, 0.5) is 5.69 Å². The van der Waals surface area contributed by atoms with Gasteiger partial charge in [-0.15, -0.1) is 11.3 Å². The van der Waals surface area contributed by atoms with E-state index in [1.54, 1.807) is 23.5 Å². The molecule has 0 aliphatic rings. The maximum absolute atomic E-state index is 11.1. The first-order chi connectivity index (χ1) is 13.1. The van der Waals surface area contributed by atoms with Gasteiger partial charge in [0.25, 0.3) is 0 Å². The Morgan fingerprint density at radius 2 is 1.85 bits per heavy atom. The van der Waals surface area contributed by atoms with Crippen LogP contribution in [0, 0.1) is 0 Å². The van der Waals surface area contributed by atoms with Gasteiger partial charge in [-0.3, -0.25) is 0 Å². The lowest BCUT2D eigenvalue weighted by Crippen LogP contribution is -1.99. The number of hydrogen-bond acceptors (Lipinski definition) is 4. The summed E-state index contributed by atoms with van der Waals surface area (Å²) in [5, 5.41) is 18.0. The number of carbonyl (C=O) groups is 1. The molecule has 27 heavy (non-hydrogen) atoms. The van der Waals surface area contributed by atoms with E-state index in [-0.39, 0.29) is 5.56 Å². The molecular weight excluding hydrogens is 380 g/mol. The highest BCUT2D eigenvalue weighted by atomic mass is 35.5. The highest BCUT2D eigenvalue weighted by Crippen LogP contribution is 2.29. The lowest BCUT2D eigenvalue weighted by Gasteiger charge is -2.07. The van der Waals surface area contributed by atoms with Gasteiger partial charge in [0.05, 0.1) is 17.8 Å². The minimum Gasteiger partial charge on any atom is -0.478 e. The molecule has 134 valence electrons. The van der Waals surface area contributed by atoms with E-state index < -0.39 is 5.97 Å². The molecule has 0 atom stereocenters.